The molecule has 0 amide bonds. The highest BCUT2D eigenvalue weighted by Gasteiger charge is 2.46. The number of halogens is 1. The predicted molar refractivity (Wildman–Crippen MR) is 109 cm³/mol. The van der Waals surface area contributed by atoms with Crippen LogP contribution in [0.1, 0.15) is 52.4 Å². The van der Waals surface area contributed by atoms with Crippen LogP contribution in [0, 0.1) is 11.8 Å². The average Bonchev–Trinajstić information content (AvgIpc) is 3.31. The molecule has 160 valence electrons. The van der Waals surface area contributed by atoms with Crippen LogP contribution in [0.25, 0.3) is 0 Å². The maximum absolute atomic E-state index is 14.4. The zero-order chi connectivity index (χ0) is 19.3. The van der Waals surface area contributed by atoms with Gasteiger partial charge in [-0.2, -0.15) is 0 Å². The van der Waals surface area contributed by atoms with Gasteiger partial charge in [0.25, 0.3) is 0 Å². The van der Waals surface area contributed by atoms with Gasteiger partial charge in [-0.25, -0.2) is 9.40 Å². The van der Waals surface area contributed by atoms with Gasteiger partial charge in [-0.3, -0.25) is 15.6 Å². The Kier molecular flexibility index (Phi) is 5.43. The highest BCUT2D eigenvalue weighted by molar-refractivity contribution is 5.01. The minimum Gasteiger partial charge on any atom is -0.311 e. The van der Waals surface area contributed by atoms with Crippen molar-refractivity contribution in [2.24, 2.45) is 11.8 Å². The highest BCUT2D eigenvalue weighted by Crippen LogP contribution is 2.37. The van der Waals surface area contributed by atoms with Crippen LogP contribution in [0.3, 0.4) is 0 Å². The zero-order valence-electron chi connectivity index (χ0n) is 17.6. The van der Waals surface area contributed by atoms with E-state index in [1.165, 1.54) is 12.8 Å². The molecular weight excluding hydrogens is 355 g/mol. The predicted octanol–water partition coefficient (Wildman–Crippen LogP) is 1.01. The molecule has 7 heteroatoms. The summed E-state index contributed by atoms with van der Waals surface area (Å²) in [7, 11) is 0. The lowest BCUT2D eigenvalue weighted by Gasteiger charge is -2.47. The third-order valence-electron chi connectivity index (χ3n) is 8.15. The molecular formula is C21H39FN6. The van der Waals surface area contributed by atoms with E-state index in [-0.39, 0.29) is 5.54 Å². The molecule has 0 aromatic rings. The van der Waals surface area contributed by atoms with Crippen LogP contribution in [0.15, 0.2) is 0 Å². The van der Waals surface area contributed by atoms with Gasteiger partial charge < -0.3 is 10.6 Å². The fourth-order valence-electron chi connectivity index (χ4n) is 6.52. The topological polar surface area (TPSA) is 54.6 Å². The number of alkyl halides is 1. The number of nitrogens with one attached hydrogen (secondary N) is 4. The first-order chi connectivity index (χ1) is 13.5. The van der Waals surface area contributed by atoms with Crippen LogP contribution < -0.4 is 21.4 Å². The number of hydrogen-bond acceptors (Lipinski definition) is 6. The van der Waals surface area contributed by atoms with Crippen molar-refractivity contribution in [2.75, 3.05) is 32.7 Å². The van der Waals surface area contributed by atoms with Crippen molar-refractivity contribution in [1.82, 2.24) is 31.3 Å². The van der Waals surface area contributed by atoms with E-state index in [4.69, 9.17) is 0 Å². The Balaban J connectivity index is 1.43. The zero-order valence-corrected chi connectivity index (χ0v) is 17.6. The van der Waals surface area contributed by atoms with Crippen molar-refractivity contribution in [2.45, 2.75) is 88.5 Å². The molecule has 0 spiro atoms. The molecule has 0 aliphatic carbocycles. The Labute approximate surface area is 169 Å². The van der Waals surface area contributed by atoms with Crippen molar-refractivity contribution in [1.29, 1.82) is 0 Å². The fourth-order valence-corrected chi connectivity index (χ4v) is 6.52. The maximum atomic E-state index is 14.4. The van der Waals surface area contributed by atoms with Crippen LogP contribution in [-0.2, 0) is 0 Å². The Bertz CT molecular complexity index is 559. The summed E-state index contributed by atoms with van der Waals surface area (Å²) < 4.78 is 14.4. The molecule has 5 fully saturated rings. The normalized spacial score (nSPS) is 47.5. The summed E-state index contributed by atoms with van der Waals surface area (Å²) >= 11 is 0. The molecule has 5 saturated heterocycles. The van der Waals surface area contributed by atoms with Gasteiger partial charge in [-0.15, -0.1) is 0 Å². The number of hydrogen-bond donors (Lipinski definition) is 4. The SMILES string of the molecule is CC1(C)CCC2NCC(F)CC2[C@H]2CCCN2C2CCN3NCC(CN1)C3N2. The highest BCUT2D eigenvalue weighted by atomic mass is 19.1. The minimum absolute atomic E-state index is 0.115. The van der Waals surface area contributed by atoms with Gasteiger partial charge in [-0.05, 0) is 64.8 Å². The van der Waals surface area contributed by atoms with Crippen molar-refractivity contribution in [3.05, 3.63) is 0 Å². The fraction of sp³-hybridized carbons (Fsp3) is 1.00. The second kappa shape index (κ2) is 7.75. The van der Waals surface area contributed by atoms with Gasteiger partial charge in [0.1, 0.15) is 6.17 Å². The first-order valence-corrected chi connectivity index (χ1v) is 11.6. The molecule has 0 saturated carbocycles. The Morgan fingerprint density at radius 1 is 1.04 bits per heavy atom. The lowest BCUT2D eigenvalue weighted by molar-refractivity contribution is -0.00473. The summed E-state index contributed by atoms with van der Waals surface area (Å²) in [5, 5.41) is 13.9. The molecule has 5 rings (SSSR count). The monoisotopic (exact) mass is 394 g/mol. The number of fused-ring (bicyclic) bond motifs is 5. The minimum atomic E-state index is -0.691. The Morgan fingerprint density at radius 3 is 2.82 bits per heavy atom. The molecule has 2 bridgehead atoms. The number of nitrogens with zero attached hydrogens (tertiary/aromatic N) is 2. The van der Waals surface area contributed by atoms with E-state index in [1.54, 1.807) is 0 Å². The van der Waals surface area contributed by atoms with E-state index in [2.05, 4.69) is 45.1 Å². The van der Waals surface area contributed by atoms with Gasteiger partial charge in [0.15, 0.2) is 0 Å². The van der Waals surface area contributed by atoms with Gasteiger partial charge >= 0.3 is 0 Å². The van der Waals surface area contributed by atoms with Gasteiger partial charge in [-0.1, -0.05) is 0 Å². The first kappa shape index (κ1) is 19.6. The number of rotatable bonds is 0. The third-order valence-corrected chi connectivity index (χ3v) is 8.15. The lowest BCUT2D eigenvalue weighted by Crippen LogP contribution is -2.64. The van der Waals surface area contributed by atoms with E-state index in [1.807, 2.05) is 0 Å². The molecule has 4 N–H and O–H groups in total. The van der Waals surface area contributed by atoms with Crippen molar-refractivity contribution >= 4 is 0 Å². The molecule has 6 nitrogen and oxygen atoms in total. The van der Waals surface area contributed by atoms with E-state index in [9.17, 15) is 4.39 Å². The average molecular weight is 395 g/mol. The van der Waals surface area contributed by atoms with Crippen LogP contribution in [0.5, 0.6) is 0 Å². The Morgan fingerprint density at radius 2 is 1.93 bits per heavy atom. The standard InChI is InChI=1S/C21H39FN6/c1-21(2)7-5-17-16(10-15(22)13-23-17)18-4-3-8-27(18)19-6-9-28-20(26-19)14(11-24-21)12-25-28/h14-20,23-26H,3-13H2,1-2H3/t14?,15?,16?,17?,18-,19?,20?/m1/s1. The van der Waals surface area contributed by atoms with Crippen LogP contribution in [0.4, 0.5) is 4.39 Å². The second-order valence-electron chi connectivity index (χ2n) is 10.5. The largest absolute Gasteiger partial charge is 0.311 e. The number of piperidine rings is 1. The summed E-state index contributed by atoms with van der Waals surface area (Å²) in [5.41, 5.74) is 3.73. The van der Waals surface area contributed by atoms with Crippen LogP contribution >= 0.6 is 0 Å². The van der Waals surface area contributed by atoms with Crippen molar-refractivity contribution < 1.29 is 4.39 Å². The molecule has 0 radical (unpaired) electrons. The molecule has 0 aromatic carbocycles. The van der Waals surface area contributed by atoms with Crippen molar-refractivity contribution in [3.63, 3.8) is 0 Å². The first-order valence-electron chi connectivity index (χ1n) is 11.6. The van der Waals surface area contributed by atoms with Gasteiger partial charge in [0.05, 0.1) is 12.3 Å². The number of hydrazine groups is 1. The Hall–Kier alpha value is -0.310. The summed E-state index contributed by atoms with van der Waals surface area (Å²) in [6.45, 7) is 9.56. The molecule has 5 aliphatic rings. The molecule has 5 aliphatic heterocycles. The van der Waals surface area contributed by atoms with E-state index in [0.717, 1.165) is 51.9 Å². The molecule has 5 heterocycles. The molecule has 7 atom stereocenters. The smallest absolute Gasteiger partial charge is 0.113 e. The second-order valence-corrected chi connectivity index (χ2v) is 10.5. The molecule has 0 aromatic heterocycles. The van der Waals surface area contributed by atoms with E-state index in [0.29, 0.717) is 42.8 Å². The van der Waals surface area contributed by atoms with Gasteiger partial charge in [0.2, 0.25) is 0 Å². The van der Waals surface area contributed by atoms with Crippen molar-refractivity contribution in [3.8, 4) is 0 Å². The summed E-state index contributed by atoms with van der Waals surface area (Å²) in [6, 6.07) is 0.963. The van der Waals surface area contributed by atoms with Crippen LogP contribution in [0.2, 0.25) is 0 Å². The molecule has 6 unspecified atom stereocenters. The maximum Gasteiger partial charge on any atom is 0.113 e. The summed E-state index contributed by atoms with van der Waals surface area (Å²) in [4.78, 5) is 2.72. The summed E-state index contributed by atoms with van der Waals surface area (Å²) in [5.74, 6) is 1.01. The summed E-state index contributed by atoms with van der Waals surface area (Å²) in [6.07, 6.45) is 6.79. The van der Waals surface area contributed by atoms with Gasteiger partial charge in [0, 0.05) is 49.7 Å². The molecule has 28 heavy (non-hydrogen) atoms. The van der Waals surface area contributed by atoms with E-state index < -0.39 is 6.17 Å². The lowest BCUT2D eigenvalue weighted by atomic mass is 9.79. The van der Waals surface area contributed by atoms with Crippen LogP contribution in [-0.4, -0.2) is 78.8 Å². The third kappa shape index (κ3) is 3.74. The van der Waals surface area contributed by atoms with E-state index >= 15 is 0 Å². The quantitative estimate of drug-likeness (QED) is 0.492.